The molecule has 0 saturated heterocycles. The summed E-state index contributed by atoms with van der Waals surface area (Å²) < 4.78 is 15.3. The summed E-state index contributed by atoms with van der Waals surface area (Å²) >= 11 is 0. The summed E-state index contributed by atoms with van der Waals surface area (Å²) in [6, 6.07) is 6.86. The van der Waals surface area contributed by atoms with E-state index in [0.29, 0.717) is 0 Å². The summed E-state index contributed by atoms with van der Waals surface area (Å²) in [5, 5.41) is 0. The molecule has 0 bridgehead atoms. The van der Waals surface area contributed by atoms with Gasteiger partial charge in [-0.1, -0.05) is 82.9 Å². The molecule has 1 rings (SSSR count). The Hall–Kier alpha value is 1.17. The average Bonchev–Trinajstić information content (AvgIpc) is 2.49. The average molecular weight is 386 g/mol. The van der Waals surface area contributed by atoms with Crippen molar-refractivity contribution in [3.8, 4) is 5.75 Å². The van der Waals surface area contributed by atoms with Crippen LogP contribution in [0.2, 0.25) is 0 Å². The number of hydrogen-bond acceptors (Lipinski definition) is 4. The third kappa shape index (κ3) is 15.9. The molecule has 132 valence electrons. The van der Waals surface area contributed by atoms with E-state index in [-0.39, 0.29) is 64.9 Å². The zero-order chi connectivity index (χ0) is 17.0. The molecular formula is C18H29Na2O4P. The van der Waals surface area contributed by atoms with Crippen LogP contribution in [-0.4, -0.2) is 0 Å². The van der Waals surface area contributed by atoms with Gasteiger partial charge in [0.1, 0.15) is 13.6 Å². The van der Waals surface area contributed by atoms with Crippen LogP contribution in [0.5, 0.6) is 5.75 Å². The van der Waals surface area contributed by atoms with Gasteiger partial charge in [0.25, 0.3) is 0 Å². The molecule has 0 spiro atoms. The molecule has 0 aliphatic carbocycles. The van der Waals surface area contributed by atoms with E-state index in [2.05, 4.69) is 11.4 Å². The summed E-state index contributed by atoms with van der Waals surface area (Å²) in [7, 11) is -4.98. The Kier molecular flexibility index (Phi) is 19.6. The third-order valence-corrected chi connectivity index (χ3v) is 4.40. The van der Waals surface area contributed by atoms with E-state index in [1.165, 1.54) is 57.4 Å². The Labute approximate surface area is 197 Å². The first-order valence-corrected chi connectivity index (χ1v) is 10.3. The van der Waals surface area contributed by atoms with Crippen molar-refractivity contribution >= 4 is 7.82 Å². The molecule has 0 atom stereocenters. The smallest absolute Gasteiger partial charge is 0.780 e. The molecule has 7 heteroatoms. The van der Waals surface area contributed by atoms with Gasteiger partial charge in [0.2, 0.25) is 0 Å². The van der Waals surface area contributed by atoms with Gasteiger partial charge in [-0.15, -0.1) is 0 Å². The number of benzene rings is 1. The molecule has 0 unspecified atom stereocenters. The molecule has 0 fully saturated rings. The minimum absolute atomic E-state index is 0. The Morgan fingerprint density at radius 1 is 0.840 bits per heavy atom. The Bertz CT molecular complexity index is 480. The van der Waals surface area contributed by atoms with Gasteiger partial charge in [-0.2, -0.15) is 0 Å². The molecule has 0 amide bonds. The standard InChI is InChI=1S/C18H31O4P.2Na/c1-2-3-4-5-6-7-8-9-10-11-14-17-15-12-13-16-18(17)22-23(19,20)21;;/h12-13,15-16H,2-11,14H2,1H3,(H2,19,20,21);;/q;2*+1/p-2. The maximum Gasteiger partial charge on any atom is 1.00 e. The number of phosphoric acid groups is 1. The zero-order valence-electron chi connectivity index (χ0n) is 16.2. The summed E-state index contributed by atoms with van der Waals surface area (Å²) in [5.74, 6) is 0.178. The minimum atomic E-state index is -4.98. The van der Waals surface area contributed by atoms with Crippen molar-refractivity contribution in [1.29, 1.82) is 0 Å². The molecule has 0 aliphatic rings. The van der Waals surface area contributed by atoms with Crippen LogP contribution in [0.15, 0.2) is 24.3 Å². The molecule has 1 aromatic rings. The number of para-hydroxylation sites is 1. The monoisotopic (exact) mass is 386 g/mol. The van der Waals surface area contributed by atoms with Crippen molar-refractivity contribution in [3.05, 3.63) is 29.8 Å². The van der Waals surface area contributed by atoms with E-state index < -0.39 is 7.82 Å². The summed E-state index contributed by atoms with van der Waals surface area (Å²) in [5.41, 5.74) is 0.791. The van der Waals surface area contributed by atoms with Crippen LogP contribution in [0.3, 0.4) is 0 Å². The Balaban J connectivity index is 0. The first kappa shape index (κ1) is 28.4. The van der Waals surface area contributed by atoms with Gasteiger partial charge in [-0.05, 0) is 24.5 Å². The van der Waals surface area contributed by atoms with E-state index in [0.717, 1.165) is 24.8 Å². The fraction of sp³-hybridized carbons (Fsp3) is 0.667. The Morgan fingerprint density at radius 2 is 1.32 bits per heavy atom. The molecule has 4 nitrogen and oxygen atoms in total. The maximum absolute atomic E-state index is 10.7. The predicted molar refractivity (Wildman–Crippen MR) is 90.2 cm³/mol. The normalized spacial score (nSPS) is 10.7. The van der Waals surface area contributed by atoms with E-state index in [9.17, 15) is 14.4 Å². The molecule has 25 heavy (non-hydrogen) atoms. The van der Waals surface area contributed by atoms with Crippen molar-refractivity contribution in [2.24, 2.45) is 0 Å². The fourth-order valence-corrected chi connectivity index (χ4v) is 3.14. The number of unbranched alkanes of at least 4 members (excludes halogenated alkanes) is 9. The van der Waals surface area contributed by atoms with Gasteiger partial charge in [-0.3, -0.25) is 0 Å². The summed E-state index contributed by atoms with van der Waals surface area (Å²) in [6.07, 6.45) is 13.3. The molecule has 0 aromatic heterocycles. The van der Waals surface area contributed by atoms with Gasteiger partial charge in [0.15, 0.2) is 0 Å². The topological polar surface area (TPSA) is 72.4 Å². The second kappa shape index (κ2) is 17.3. The molecule has 0 aliphatic heterocycles. The van der Waals surface area contributed by atoms with Crippen LogP contribution in [0.1, 0.15) is 76.7 Å². The minimum Gasteiger partial charge on any atom is -0.780 e. The van der Waals surface area contributed by atoms with E-state index in [1.807, 2.05) is 12.1 Å². The fourth-order valence-electron chi connectivity index (χ4n) is 2.72. The molecule has 1 aromatic carbocycles. The van der Waals surface area contributed by atoms with Gasteiger partial charge < -0.3 is 18.9 Å². The van der Waals surface area contributed by atoms with Crippen LogP contribution in [0.25, 0.3) is 0 Å². The van der Waals surface area contributed by atoms with E-state index in [1.54, 1.807) is 6.07 Å². The van der Waals surface area contributed by atoms with Crippen LogP contribution in [0, 0.1) is 0 Å². The zero-order valence-corrected chi connectivity index (χ0v) is 21.1. The largest absolute Gasteiger partial charge is 1.00 e. The summed E-state index contributed by atoms with van der Waals surface area (Å²) in [6.45, 7) is 2.23. The van der Waals surface area contributed by atoms with Crippen molar-refractivity contribution in [3.63, 3.8) is 0 Å². The Morgan fingerprint density at radius 3 is 1.84 bits per heavy atom. The van der Waals surface area contributed by atoms with Gasteiger partial charge in [0, 0.05) is 0 Å². The molecule has 0 radical (unpaired) electrons. The number of hydrogen-bond donors (Lipinski definition) is 0. The number of rotatable bonds is 13. The van der Waals surface area contributed by atoms with E-state index in [4.69, 9.17) is 0 Å². The first-order valence-electron chi connectivity index (χ1n) is 8.82. The van der Waals surface area contributed by atoms with Crippen LogP contribution >= 0.6 is 7.82 Å². The molecule has 0 N–H and O–H groups in total. The molecular weight excluding hydrogens is 357 g/mol. The van der Waals surface area contributed by atoms with E-state index >= 15 is 0 Å². The maximum atomic E-state index is 10.7. The molecule has 0 heterocycles. The van der Waals surface area contributed by atoms with Gasteiger partial charge >= 0.3 is 59.1 Å². The quantitative estimate of drug-likeness (QED) is 0.232. The van der Waals surface area contributed by atoms with Crippen LogP contribution in [-0.2, 0) is 11.0 Å². The van der Waals surface area contributed by atoms with Crippen molar-refractivity contribution in [2.75, 3.05) is 0 Å². The van der Waals surface area contributed by atoms with Crippen LogP contribution in [0.4, 0.5) is 0 Å². The van der Waals surface area contributed by atoms with Crippen molar-refractivity contribution in [1.82, 2.24) is 0 Å². The van der Waals surface area contributed by atoms with Crippen LogP contribution < -0.4 is 73.4 Å². The van der Waals surface area contributed by atoms with Crippen molar-refractivity contribution in [2.45, 2.75) is 77.6 Å². The number of phosphoric ester groups is 1. The van der Waals surface area contributed by atoms with Gasteiger partial charge in [-0.25, -0.2) is 0 Å². The predicted octanol–water partition coefficient (Wildman–Crippen LogP) is -1.63. The SMILES string of the molecule is CCCCCCCCCCCCc1ccccc1OP(=O)([O-])[O-].[Na+].[Na+]. The van der Waals surface area contributed by atoms with Gasteiger partial charge in [0.05, 0.1) is 0 Å². The first-order chi connectivity index (χ1) is 11.0. The number of aryl methyl sites for hydroxylation is 1. The molecule has 0 saturated carbocycles. The second-order valence-corrected chi connectivity index (χ2v) is 7.16. The second-order valence-electron chi connectivity index (χ2n) is 6.08. The third-order valence-electron chi connectivity index (χ3n) is 3.98. The summed E-state index contributed by atoms with van der Waals surface area (Å²) in [4.78, 5) is 21.5. The van der Waals surface area contributed by atoms with Crippen molar-refractivity contribution < 1.29 is 78.0 Å².